The molecular formula is C26H25N3OS. The number of nitrogens with zero attached hydrogens (tertiary/aromatic N) is 3. The van der Waals surface area contributed by atoms with Crippen molar-refractivity contribution >= 4 is 39.5 Å². The minimum absolute atomic E-state index is 0.0227. The summed E-state index contributed by atoms with van der Waals surface area (Å²) in [5.74, 6) is 0.0227. The van der Waals surface area contributed by atoms with Gasteiger partial charge in [-0.25, -0.2) is 4.98 Å². The first kappa shape index (κ1) is 21.1. The van der Waals surface area contributed by atoms with Gasteiger partial charge in [-0.2, -0.15) is 5.26 Å². The van der Waals surface area contributed by atoms with Crippen molar-refractivity contribution in [1.82, 2.24) is 9.55 Å². The summed E-state index contributed by atoms with van der Waals surface area (Å²) in [6.07, 6.45) is 3.68. The fourth-order valence-electron chi connectivity index (χ4n) is 3.90. The van der Waals surface area contributed by atoms with Crippen molar-refractivity contribution < 1.29 is 4.79 Å². The second kappa shape index (κ2) is 9.36. The van der Waals surface area contributed by atoms with E-state index in [0.29, 0.717) is 17.0 Å². The number of nitriles is 1. The van der Waals surface area contributed by atoms with Gasteiger partial charge in [0.2, 0.25) is 5.91 Å². The van der Waals surface area contributed by atoms with Crippen LogP contribution in [0.15, 0.2) is 65.7 Å². The predicted molar refractivity (Wildman–Crippen MR) is 128 cm³/mol. The second-order valence-electron chi connectivity index (χ2n) is 7.59. The van der Waals surface area contributed by atoms with Crippen LogP contribution >= 0.6 is 11.8 Å². The molecule has 0 spiro atoms. The van der Waals surface area contributed by atoms with Crippen LogP contribution in [0, 0.1) is 11.3 Å². The van der Waals surface area contributed by atoms with Crippen molar-refractivity contribution in [2.75, 3.05) is 0 Å². The highest BCUT2D eigenvalue weighted by molar-refractivity contribution is 8.00. The Balaban J connectivity index is 1.74. The van der Waals surface area contributed by atoms with Crippen molar-refractivity contribution in [2.24, 2.45) is 0 Å². The van der Waals surface area contributed by atoms with Gasteiger partial charge in [0, 0.05) is 16.5 Å². The number of aryl methyl sites for hydroxylation is 1. The second-order valence-corrected chi connectivity index (χ2v) is 8.78. The van der Waals surface area contributed by atoms with Gasteiger partial charge in [0.15, 0.2) is 0 Å². The van der Waals surface area contributed by atoms with Gasteiger partial charge >= 0.3 is 0 Å². The summed E-state index contributed by atoms with van der Waals surface area (Å²) in [4.78, 5) is 18.5. The van der Waals surface area contributed by atoms with Crippen LogP contribution in [0.4, 0.5) is 0 Å². The molecule has 0 fully saturated rings. The molecule has 0 amide bonds. The monoisotopic (exact) mass is 427 g/mol. The minimum atomic E-state index is -0.333. The molecule has 0 N–H and O–H groups in total. The number of para-hydroxylation sites is 2. The standard InChI is InChI=1S/C26H25N3OS/c1-3-5-10-19-16-15-18(17-27)25(28-19)31-24(4-2)26(30)29-22-13-8-6-11-20(22)21-12-7-9-14-23(21)29/h6-9,11-16,24H,3-5,10H2,1-2H3. The van der Waals surface area contributed by atoms with E-state index in [1.54, 1.807) is 0 Å². The summed E-state index contributed by atoms with van der Waals surface area (Å²) in [5, 5.41) is 12.0. The molecule has 4 rings (SSSR count). The lowest BCUT2D eigenvalue weighted by atomic mass is 10.2. The fourth-order valence-corrected chi connectivity index (χ4v) is 4.95. The zero-order valence-corrected chi connectivity index (χ0v) is 18.7. The van der Waals surface area contributed by atoms with E-state index in [9.17, 15) is 10.1 Å². The largest absolute Gasteiger partial charge is 0.279 e. The molecule has 1 atom stereocenters. The zero-order valence-electron chi connectivity index (χ0n) is 17.8. The van der Waals surface area contributed by atoms with E-state index in [-0.39, 0.29) is 11.2 Å². The smallest absolute Gasteiger partial charge is 0.245 e. The molecule has 1 unspecified atom stereocenters. The number of aromatic nitrogens is 2. The van der Waals surface area contributed by atoms with Crippen LogP contribution in [-0.4, -0.2) is 20.7 Å². The lowest BCUT2D eigenvalue weighted by molar-refractivity contribution is 0.0919. The number of hydrogen-bond acceptors (Lipinski definition) is 4. The van der Waals surface area contributed by atoms with Gasteiger partial charge in [0.25, 0.3) is 0 Å². The third-order valence-electron chi connectivity index (χ3n) is 5.53. The molecule has 0 radical (unpaired) electrons. The normalized spacial score (nSPS) is 12.2. The van der Waals surface area contributed by atoms with Crippen molar-refractivity contribution in [3.63, 3.8) is 0 Å². The molecular weight excluding hydrogens is 402 g/mol. The number of rotatable bonds is 7. The van der Waals surface area contributed by atoms with E-state index in [4.69, 9.17) is 4.98 Å². The van der Waals surface area contributed by atoms with E-state index < -0.39 is 0 Å². The average Bonchev–Trinajstić information content (AvgIpc) is 3.15. The maximum absolute atomic E-state index is 13.8. The SMILES string of the molecule is CCCCc1ccc(C#N)c(SC(CC)C(=O)n2c3ccccc3c3ccccc32)n1. The van der Waals surface area contributed by atoms with Crippen LogP contribution < -0.4 is 0 Å². The van der Waals surface area contributed by atoms with Gasteiger partial charge in [0.1, 0.15) is 11.1 Å². The molecule has 0 aliphatic carbocycles. The molecule has 0 bridgehead atoms. The summed E-state index contributed by atoms with van der Waals surface area (Å²) >= 11 is 1.41. The van der Waals surface area contributed by atoms with E-state index in [1.165, 1.54) is 11.8 Å². The van der Waals surface area contributed by atoms with Gasteiger partial charge < -0.3 is 0 Å². The Bertz CT molecular complexity index is 1230. The molecule has 0 saturated carbocycles. The van der Waals surface area contributed by atoms with Crippen molar-refractivity contribution in [2.45, 2.75) is 49.8 Å². The number of fused-ring (bicyclic) bond motifs is 3. The minimum Gasteiger partial charge on any atom is -0.279 e. The van der Waals surface area contributed by atoms with E-state index in [0.717, 1.165) is 46.8 Å². The highest BCUT2D eigenvalue weighted by Crippen LogP contribution is 2.33. The maximum Gasteiger partial charge on any atom is 0.245 e. The first-order valence-corrected chi connectivity index (χ1v) is 11.6. The van der Waals surface area contributed by atoms with Crippen molar-refractivity contribution in [1.29, 1.82) is 5.26 Å². The number of benzene rings is 2. The summed E-state index contributed by atoms with van der Waals surface area (Å²) in [5.41, 5.74) is 3.33. The lowest BCUT2D eigenvalue weighted by Gasteiger charge is -2.16. The highest BCUT2D eigenvalue weighted by atomic mass is 32.2. The van der Waals surface area contributed by atoms with Crippen LogP contribution in [0.5, 0.6) is 0 Å². The summed E-state index contributed by atoms with van der Waals surface area (Å²) in [6.45, 7) is 4.16. The number of carbonyl (C=O) groups excluding carboxylic acids is 1. The molecule has 4 aromatic rings. The Hall–Kier alpha value is -3.10. The van der Waals surface area contributed by atoms with Gasteiger partial charge in [-0.3, -0.25) is 9.36 Å². The van der Waals surface area contributed by atoms with Crippen molar-refractivity contribution in [3.05, 3.63) is 71.9 Å². The Morgan fingerprint density at radius 1 is 1.03 bits per heavy atom. The molecule has 0 aliphatic heterocycles. The van der Waals surface area contributed by atoms with Gasteiger partial charge in [-0.1, -0.05) is 68.4 Å². The van der Waals surface area contributed by atoms with Gasteiger partial charge in [0.05, 0.1) is 21.8 Å². The average molecular weight is 428 g/mol. The Morgan fingerprint density at radius 2 is 1.68 bits per heavy atom. The fraction of sp³-hybridized carbons (Fsp3) is 0.269. The number of thioether (sulfide) groups is 1. The zero-order chi connectivity index (χ0) is 21.8. The molecule has 2 aromatic heterocycles. The third-order valence-corrected chi connectivity index (χ3v) is 6.88. The Labute approximate surface area is 186 Å². The third kappa shape index (κ3) is 4.08. The molecule has 31 heavy (non-hydrogen) atoms. The van der Waals surface area contributed by atoms with Crippen LogP contribution in [0.3, 0.4) is 0 Å². The molecule has 5 heteroatoms. The number of unbranched alkanes of at least 4 members (excludes halogenated alkanes) is 1. The number of carbonyl (C=O) groups is 1. The van der Waals surface area contributed by atoms with Gasteiger partial charge in [-0.05, 0) is 43.5 Å². The predicted octanol–water partition coefficient (Wildman–Crippen LogP) is 6.61. The summed E-state index contributed by atoms with van der Waals surface area (Å²) in [6, 6.07) is 22.0. The molecule has 2 heterocycles. The van der Waals surface area contributed by atoms with Crippen LogP contribution in [0.25, 0.3) is 21.8 Å². The molecule has 0 saturated heterocycles. The number of pyridine rings is 1. The number of hydrogen-bond donors (Lipinski definition) is 0. The molecule has 2 aromatic carbocycles. The highest BCUT2D eigenvalue weighted by Gasteiger charge is 2.25. The lowest BCUT2D eigenvalue weighted by Crippen LogP contribution is -2.23. The topological polar surface area (TPSA) is 58.7 Å². The van der Waals surface area contributed by atoms with Crippen molar-refractivity contribution in [3.8, 4) is 6.07 Å². The van der Waals surface area contributed by atoms with Gasteiger partial charge in [-0.15, -0.1) is 0 Å². The quantitative estimate of drug-likeness (QED) is 0.311. The summed E-state index contributed by atoms with van der Waals surface area (Å²) < 4.78 is 1.83. The first-order valence-electron chi connectivity index (χ1n) is 10.8. The molecule has 0 aliphatic rings. The van der Waals surface area contributed by atoms with E-state index >= 15 is 0 Å². The van der Waals surface area contributed by atoms with Crippen LogP contribution in [-0.2, 0) is 6.42 Å². The van der Waals surface area contributed by atoms with Crippen LogP contribution in [0.2, 0.25) is 0 Å². The first-order chi connectivity index (χ1) is 15.2. The van der Waals surface area contributed by atoms with E-state index in [2.05, 4.69) is 25.1 Å². The van der Waals surface area contributed by atoms with E-state index in [1.807, 2.05) is 60.0 Å². The molecule has 156 valence electrons. The maximum atomic E-state index is 13.8. The van der Waals surface area contributed by atoms with Crippen LogP contribution in [0.1, 0.15) is 49.2 Å². The summed E-state index contributed by atoms with van der Waals surface area (Å²) in [7, 11) is 0. The Morgan fingerprint density at radius 3 is 2.26 bits per heavy atom. The Kier molecular flexibility index (Phi) is 6.39. The molecule has 4 nitrogen and oxygen atoms in total.